The van der Waals surface area contributed by atoms with E-state index >= 15 is 0 Å². The van der Waals surface area contributed by atoms with Crippen molar-refractivity contribution in [3.05, 3.63) is 53.6 Å². The highest BCUT2D eigenvalue weighted by molar-refractivity contribution is 5.99. The van der Waals surface area contributed by atoms with Crippen LogP contribution in [-0.2, 0) is 11.0 Å². The Bertz CT molecular complexity index is 930. The average molecular weight is 408 g/mol. The summed E-state index contributed by atoms with van der Waals surface area (Å²) in [6, 6.07) is 8.86. The summed E-state index contributed by atoms with van der Waals surface area (Å²) >= 11 is 0. The third kappa shape index (κ3) is 4.28. The predicted octanol–water partition coefficient (Wildman–Crippen LogP) is 3.26. The molecule has 2 aromatic carbocycles. The lowest BCUT2D eigenvalue weighted by Crippen LogP contribution is -2.38. The van der Waals surface area contributed by atoms with E-state index in [2.05, 4.69) is 5.32 Å². The molecule has 1 atom stereocenters. The first kappa shape index (κ1) is 20.5. The Morgan fingerprint density at radius 3 is 2.45 bits per heavy atom. The number of ether oxygens (including phenoxy) is 2. The number of amides is 2. The van der Waals surface area contributed by atoms with E-state index in [4.69, 9.17) is 9.47 Å². The Labute approximate surface area is 165 Å². The number of anilines is 1. The minimum Gasteiger partial charge on any atom is -0.493 e. The number of methoxy groups -OCH3 is 2. The summed E-state index contributed by atoms with van der Waals surface area (Å²) in [6.07, 6.45) is -4.67. The number of rotatable bonds is 5. The Balaban J connectivity index is 1.76. The number of hydrogen-bond acceptors (Lipinski definition) is 4. The Morgan fingerprint density at radius 1 is 1.10 bits per heavy atom. The molecule has 1 N–H and O–H groups in total. The molecule has 6 nitrogen and oxygen atoms in total. The number of nitrogens with zero attached hydrogens (tertiary/aromatic N) is 1. The minimum absolute atomic E-state index is 0.0196. The van der Waals surface area contributed by atoms with Crippen molar-refractivity contribution in [3.8, 4) is 11.5 Å². The summed E-state index contributed by atoms with van der Waals surface area (Å²) in [5, 5.41) is 2.53. The number of nitrogens with one attached hydrogen (secondary N) is 1. The molecule has 1 saturated heterocycles. The highest BCUT2D eigenvalue weighted by Crippen LogP contribution is 2.34. The van der Waals surface area contributed by atoms with Crippen LogP contribution in [0.4, 0.5) is 18.9 Å². The first-order chi connectivity index (χ1) is 13.7. The van der Waals surface area contributed by atoms with Gasteiger partial charge in [0.2, 0.25) is 5.91 Å². The van der Waals surface area contributed by atoms with E-state index in [1.165, 1.54) is 31.3 Å². The van der Waals surface area contributed by atoms with Crippen LogP contribution in [0.1, 0.15) is 22.3 Å². The molecule has 0 bridgehead atoms. The number of hydrogen-bond donors (Lipinski definition) is 1. The van der Waals surface area contributed by atoms with Gasteiger partial charge in [-0.15, -0.1) is 0 Å². The van der Waals surface area contributed by atoms with Crippen molar-refractivity contribution in [1.82, 2.24) is 5.32 Å². The summed E-state index contributed by atoms with van der Waals surface area (Å²) in [7, 11) is 2.96. The maximum Gasteiger partial charge on any atom is 0.417 e. The molecule has 2 amide bonds. The standard InChI is InChI=1S/C20H19F3N2O4/c1-28-16-8-7-13(10-17(16)29-2)25-11-12(9-18(25)26)24-19(27)14-5-3-4-6-15(14)20(21,22)23/h3-8,10,12H,9,11H2,1-2H3,(H,24,27). The zero-order chi connectivity index (χ0) is 21.2. The van der Waals surface area contributed by atoms with E-state index in [1.54, 1.807) is 18.2 Å². The van der Waals surface area contributed by atoms with Crippen LogP contribution in [0.15, 0.2) is 42.5 Å². The topological polar surface area (TPSA) is 67.9 Å². The van der Waals surface area contributed by atoms with Gasteiger partial charge in [0.25, 0.3) is 5.91 Å². The van der Waals surface area contributed by atoms with Crippen LogP contribution < -0.4 is 19.7 Å². The Hall–Kier alpha value is -3.23. The first-order valence-corrected chi connectivity index (χ1v) is 8.74. The molecule has 0 radical (unpaired) electrons. The fourth-order valence-corrected chi connectivity index (χ4v) is 3.24. The summed E-state index contributed by atoms with van der Waals surface area (Å²) in [6.45, 7) is 0.133. The molecule has 2 aromatic rings. The van der Waals surface area contributed by atoms with E-state index in [0.717, 1.165) is 12.1 Å². The molecule has 0 aromatic heterocycles. The number of halogens is 3. The van der Waals surface area contributed by atoms with E-state index in [-0.39, 0.29) is 18.9 Å². The molecular weight excluding hydrogens is 389 g/mol. The lowest BCUT2D eigenvalue weighted by Gasteiger charge is -2.19. The van der Waals surface area contributed by atoms with Gasteiger partial charge in [0, 0.05) is 24.7 Å². The quantitative estimate of drug-likeness (QED) is 0.825. The van der Waals surface area contributed by atoms with Crippen molar-refractivity contribution >= 4 is 17.5 Å². The highest BCUT2D eigenvalue weighted by atomic mass is 19.4. The van der Waals surface area contributed by atoms with Crippen LogP contribution in [0, 0.1) is 0 Å². The van der Waals surface area contributed by atoms with Crippen LogP contribution in [0.5, 0.6) is 11.5 Å². The Kier molecular flexibility index (Phi) is 5.67. The second-order valence-corrected chi connectivity index (χ2v) is 6.46. The minimum atomic E-state index is -4.65. The van der Waals surface area contributed by atoms with Gasteiger partial charge in [-0.3, -0.25) is 9.59 Å². The number of carbonyl (C=O) groups is 2. The summed E-state index contributed by atoms with van der Waals surface area (Å²) in [4.78, 5) is 26.3. The lowest BCUT2D eigenvalue weighted by atomic mass is 10.1. The van der Waals surface area contributed by atoms with Crippen molar-refractivity contribution in [2.75, 3.05) is 25.7 Å². The average Bonchev–Trinajstić information content (AvgIpc) is 3.06. The molecule has 0 aliphatic carbocycles. The normalized spacial score (nSPS) is 16.7. The molecule has 0 spiro atoms. The zero-order valence-corrected chi connectivity index (χ0v) is 15.7. The number of carbonyl (C=O) groups excluding carboxylic acids is 2. The van der Waals surface area contributed by atoms with Crippen LogP contribution in [-0.4, -0.2) is 38.6 Å². The van der Waals surface area contributed by atoms with Gasteiger partial charge in [0.1, 0.15) is 0 Å². The smallest absolute Gasteiger partial charge is 0.417 e. The molecule has 0 saturated carbocycles. The van der Waals surface area contributed by atoms with E-state index in [1.807, 2.05) is 0 Å². The highest BCUT2D eigenvalue weighted by Gasteiger charge is 2.37. The third-order valence-corrected chi connectivity index (χ3v) is 4.62. The van der Waals surface area contributed by atoms with Gasteiger partial charge in [-0.25, -0.2) is 0 Å². The molecule has 1 fully saturated rings. The van der Waals surface area contributed by atoms with Gasteiger partial charge in [0.15, 0.2) is 11.5 Å². The summed E-state index contributed by atoms with van der Waals surface area (Å²) in [5.74, 6) is -0.197. The molecule has 1 heterocycles. The SMILES string of the molecule is COc1ccc(N2CC(NC(=O)c3ccccc3C(F)(F)F)CC2=O)cc1OC. The summed E-state index contributed by atoms with van der Waals surface area (Å²) in [5.41, 5.74) is -0.948. The molecular formula is C20H19F3N2O4. The van der Waals surface area contributed by atoms with Crippen molar-refractivity contribution in [1.29, 1.82) is 0 Å². The van der Waals surface area contributed by atoms with Gasteiger partial charge in [-0.2, -0.15) is 13.2 Å². The Morgan fingerprint density at radius 2 is 1.79 bits per heavy atom. The van der Waals surface area contributed by atoms with Crippen molar-refractivity contribution in [3.63, 3.8) is 0 Å². The van der Waals surface area contributed by atoms with E-state index in [9.17, 15) is 22.8 Å². The van der Waals surface area contributed by atoms with Gasteiger partial charge in [-0.1, -0.05) is 12.1 Å². The van der Waals surface area contributed by atoms with Crippen LogP contribution >= 0.6 is 0 Å². The predicted molar refractivity (Wildman–Crippen MR) is 99.2 cm³/mol. The van der Waals surface area contributed by atoms with Gasteiger partial charge in [0.05, 0.1) is 31.4 Å². The fraction of sp³-hybridized carbons (Fsp3) is 0.300. The number of alkyl halides is 3. The van der Waals surface area contributed by atoms with Crippen molar-refractivity contribution < 1.29 is 32.2 Å². The van der Waals surface area contributed by atoms with Gasteiger partial charge in [-0.05, 0) is 24.3 Å². The van der Waals surface area contributed by atoms with E-state index in [0.29, 0.717) is 17.2 Å². The molecule has 29 heavy (non-hydrogen) atoms. The van der Waals surface area contributed by atoms with Crippen LogP contribution in [0.3, 0.4) is 0 Å². The van der Waals surface area contributed by atoms with Crippen molar-refractivity contribution in [2.45, 2.75) is 18.6 Å². The number of benzene rings is 2. The van der Waals surface area contributed by atoms with E-state index < -0.39 is 29.3 Å². The summed E-state index contributed by atoms with van der Waals surface area (Å²) < 4.78 is 49.8. The van der Waals surface area contributed by atoms with Crippen molar-refractivity contribution in [2.24, 2.45) is 0 Å². The second kappa shape index (κ2) is 8.02. The molecule has 1 aliphatic rings. The van der Waals surface area contributed by atoms with Crippen LogP contribution in [0.2, 0.25) is 0 Å². The van der Waals surface area contributed by atoms with Crippen LogP contribution in [0.25, 0.3) is 0 Å². The van der Waals surface area contributed by atoms with Gasteiger partial charge < -0.3 is 19.7 Å². The molecule has 154 valence electrons. The zero-order valence-electron chi connectivity index (χ0n) is 15.7. The second-order valence-electron chi connectivity index (χ2n) is 6.46. The molecule has 9 heteroatoms. The maximum atomic E-state index is 13.1. The maximum absolute atomic E-state index is 13.1. The van der Waals surface area contributed by atoms with Gasteiger partial charge >= 0.3 is 6.18 Å². The molecule has 1 unspecified atom stereocenters. The molecule has 3 rings (SSSR count). The monoisotopic (exact) mass is 408 g/mol. The fourth-order valence-electron chi connectivity index (χ4n) is 3.24. The largest absolute Gasteiger partial charge is 0.493 e. The third-order valence-electron chi connectivity index (χ3n) is 4.62. The first-order valence-electron chi connectivity index (χ1n) is 8.74. The molecule has 1 aliphatic heterocycles. The lowest BCUT2D eigenvalue weighted by molar-refractivity contribution is -0.138.